The quantitative estimate of drug-likeness (QED) is 0.774. The molecular weight excluding hydrogens is 312 g/mol. The molecule has 0 saturated heterocycles. The topological polar surface area (TPSA) is 28.1 Å². The number of hydrogen-bond acceptors (Lipinski definition) is 1. The van der Waals surface area contributed by atoms with Crippen molar-refractivity contribution >= 4 is 28.8 Å². The van der Waals surface area contributed by atoms with Gasteiger partial charge in [0.1, 0.15) is 0 Å². The third-order valence-corrected chi connectivity index (χ3v) is 4.18. The minimum absolute atomic E-state index is 0. The van der Waals surface area contributed by atoms with Crippen molar-refractivity contribution in [3.63, 3.8) is 0 Å². The second-order valence-electron chi connectivity index (χ2n) is 5.30. The van der Waals surface area contributed by atoms with Gasteiger partial charge in [0.2, 0.25) is 0 Å². The van der Waals surface area contributed by atoms with Crippen LogP contribution in [0.1, 0.15) is 56.6 Å². The predicted molar refractivity (Wildman–Crippen MR) is 94.0 cm³/mol. The van der Waals surface area contributed by atoms with E-state index in [1.165, 1.54) is 39.4 Å². The molecule has 0 saturated carbocycles. The molecule has 2 heterocycles. The Balaban J connectivity index is 0.00000200. The summed E-state index contributed by atoms with van der Waals surface area (Å²) >= 11 is 0. The number of allylic oxidation sites excluding steroid dienone is 2. The summed E-state index contributed by atoms with van der Waals surface area (Å²) in [4.78, 5) is 8.20. The van der Waals surface area contributed by atoms with Gasteiger partial charge >= 0.3 is 0 Å². The third kappa shape index (κ3) is 2.83. The molecule has 1 aliphatic heterocycles. The highest BCUT2D eigenvalue weighted by molar-refractivity contribution is 8.93. The maximum atomic E-state index is 4.71. The second kappa shape index (κ2) is 6.57. The Morgan fingerprint density at radius 3 is 2.15 bits per heavy atom. The van der Waals surface area contributed by atoms with Gasteiger partial charge in [-0.3, -0.25) is 4.99 Å². The van der Waals surface area contributed by atoms with Gasteiger partial charge in [0, 0.05) is 17.1 Å². The molecule has 1 aliphatic rings. The maximum Gasteiger partial charge on any atom is 0.0686 e. The number of H-pyrrole nitrogens is 1. The molecule has 0 spiro atoms. The minimum atomic E-state index is 0. The van der Waals surface area contributed by atoms with Crippen molar-refractivity contribution in [2.75, 3.05) is 0 Å². The van der Waals surface area contributed by atoms with Crippen molar-refractivity contribution in [1.82, 2.24) is 4.98 Å². The number of halogens is 1. The predicted octanol–water partition coefficient (Wildman–Crippen LogP) is 5.31. The van der Waals surface area contributed by atoms with Crippen LogP contribution in [0.15, 0.2) is 21.8 Å². The average Bonchev–Trinajstić information content (AvgIpc) is 2.78. The largest absolute Gasteiger partial charge is 0.359 e. The third-order valence-electron chi connectivity index (χ3n) is 4.18. The van der Waals surface area contributed by atoms with Gasteiger partial charge in [0.05, 0.1) is 5.70 Å². The van der Waals surface area contributed by atoms with Crippen LogP contribution >= 0.6 is 17.0 Å². The van der Waals surface area contributed by atoms with Crippen LogP contribution in [0.5, 0.6) is 0 Å². The molecule has 1 N–H and O–H groups in total. The molecule has 0 radical (unpaired) electrons. The Kier molecular flexibility index (Phi) is 5.58. The van der Waals surface area contributed by atoms with E-state index in [0.717, 1.165) is 18.5 Å². The number of aromatic nitrogens is 1. The van der Waals surface area contributed by atoms with Crippen LogP contribution in [0.4, 0.5) is 0 Å². The van der Waals surface area contributed by atoms with Gasteiger partial charge in [0.15, 0.2) is 0 Å². The van der Waals surface area contributed by atoms with Crippen molar-refractivity contribution in [3.05, 3.63) is 39.4 Å². The van der Waals surface area contributed by atoms with Crippen LogP contribution in [0.3, 0.4) is 0 Å². The van der Waals surface area contributed by atoms with E-state index in [4.69, 9.17) is 4.99 Å². The zero-order valence-corrected chi connectivity index (χ0v) is 15.1. The van der Waals surface area contributed by atoms with E-state index in [1.54, 1.807) is 0 Å². The standard InChI is InChI=1S/C17H24N2.BrH/c1-7-14-10(3)16(18-12(14)5)9-17-11(4)15(8-2)13(6)19-17;/h9,18H,7-8H2,1-6H3;1H/b17-9+;. The first-order chi connectivity index (χ1) is 8.99. The molecule has 2 rings (SSSR count). The fourth-order valence-electron chi connectivity index (χ4n) is 3.05. The summed E-state index contributed by atoms with van der Waals surface area (Å²) < 4.78 is 0. The summed E-state index contributed by atoms with van der Waals surface area (Å²) in [5, 5.41) is 0. The van der Waals surface area contributed by atoms with E-state index in [9.17, 15) is 0 Å². The highest BCUT2D eigenvalue weighted by atomic mass is 79.9. The van der Waals surface area contributed by atoms with E-state index in [2.05, 4.69) is 52.6 Å². The van der Waals surface area contributed by atoms with E-state index in [1.807, 2.05) is 0 Å². The second-order valence-corrected chi connectivity index (χ2v) is 5.30. The summed E-state index contributed by atoms with van der Waals surface area (Å²) in [6, 6.07) is 0. The van der Waals surface area contributed by atoms with Crippen LogP contribution in [-0.4, -0.2) is 10.7 Å². The molecule has 0 aromatic carbocycles. The van der Waals surface area contributed by atoms with Crippen molar-refractivity contribution in [2.45, 2.75) is 54.4 Å². The van der Waals surface area contributed by atoms with Crippen molar-refractivity contribution < 1.29 is 0 Å². The Morgan fingerprint density at radius 2 is 1.70 bits per heavy atom. The summed E-state index contributed by atoms with van der Waals surface area (Å²) in [7, 11) is 0. The molecule has 110 valence electrons. The van der Waals surface area contributed by atoms with Crippen LogP contribution in [0.2, 0.25) is 0 Å². The van der Waals surface area contributed by atoms with Gasteiger partial charge in [-0.1, -0.05) is 13.8 Å². The van der Waals surface area contributed by atoms with E-state index >= 15 is 0 Å². The lowest BCUT2D eigenvalue weighted by atomic mass is 10.0. The molecule has 3 heteroatoms. The van der Waals surface area contributed by atoms with Gasteiger partial charge in [-0.25, -0.2) is 0 Å². The van der Waals surface area contributed by atoms with Gasteiger partial charge in [-0.2, -0.15) is 0 Å². The molecule has 1 aromatic rings. The first kappa shape index (κ1) is 17.0. The van der Waals surface area contributed by atoms with Gasteiger partial charge in [0.25, 0.3) is 0 Å². The normalized spacial score (nSPS) is 16.7. The molecule has 2 nitrogen and oxygen atoms in total. The summed E-state index contributed by atoms with van der Waals surface area (Å²) in [6.07, 6.45) is 4.33. The minimum Gasteiger partial charge on any atom is -0.359 e. The van der Waals surface area contributed by atoms with Crippen LogP contribution in [-0.2, 0) is 6.42 Å². The number of aromatic amines is 1. The SMILES string of the molecule is Br.CCC1=C(C)/C(=C\c2[nH]c(C)c(CC)c2C)N=C1C. The molecule has 0 fully saturated rings. The Labute approximate surface area is 132 Å². The van der Waals surface area contributed by atoms with Gasteiger partial charge < -0.3 is 4.98 Å². The number of aliphatic imine (C=N–C) groups is 1. The molecule has 20 heavy (non-hydrogen) atoms. The average molecular weight is 337 g/mol. The van der Waals surface area contributed by atoms with Gasteiger partial charge in [-0.15, -0.1) is 17.0 Å². The van der Waals surface area contributed by atoms with Crippen molar-refractivity contribution in [1.29, 1.82) is 0 Å². The monoisotopic (exact) mass is 336 g/mol. The van der Waals surface area contributed by atoms with E-state index in [-0.39, 0.29) is 17.0 Å². The fraction of sp³-hybridized carbons (Fsp3) is 0.471. The highest BCUT2D eigenvalue weighted by Gasteiger charge is 2.17. The molecule has 0 atom stereocenters. The Bertz CT molecular complexity index is 601. The maximum absolute atomic E-state index is 4.71. The number of hydrogen-bond donors (Lipinski definition) is 1. The smallest absolute Gasteiger partial charge is 0.0686 e. The van der Waals surface area contributed by atoms with E-state index in [0.29, 0.717) is 0 Å². The van der Waals surface area contributed by atoms with E-state index < -0.39 is 0 Å². The number of aryl methyl sites for hydroxylation is 1. The summed E-state index contributed by atoms with van der Waals surface area (Å²) in [5.74, 6) is 0. The molecule has 0 unspecified atom stereocenters. The zero-order chi connectivity index (χ0) is 14.2. The number of rotatable bonds is 3. The summed E-state index contributed by atoms with van der Waals surface area (Å²) in [5.41, 5.74) is 10.3. The Morgan fingerprint density at radius 1 is 1.05 bits per heavy atom. The molecular formula is C17H25BrN2. The van der Waals surface area contributed by atoms with Crippen LogP contribution in [0, 0.1) is 13.8 Å². The lowest BCUT2D eigenvalue weighted by molar-refractivity contribution is 1.08. The number of nitrogens with zero attached hydrogens (tertiary/aromatic N) is 1. The van der Waals surface area contributed by atoms with Crippen molar-refractivity contribution in [3.8, 4) is 0 Å². The first-order valence-corrected chi connectivity index (χ1v) is 7.15. The first-order valence-electron chi connectivity index (χ1n) is 7.15. The lowest BCUT2D eigenvalue weighted by Gasteiger charge is -2.00. The van der Waals surface area contributed by atoms with Gasteiger partial charge in [-0.05, 0) is 68.9 Å². The molecule has 0 amide bonds. The Hall–Kier alpha value is -1.09. The summed E-state index contributed by atoms with van der Waals surface area (Å²) in [6.45, 7) is 13.0. The highest BCUT2D eigenvalue weighted by Crippen LogP contribution is 2.30. The zero-order valence-electron chi connectivity index (χ0n) is 13.3. The number of nitrogens with one attached hydrogen (secondary N) is 1. The molecule has 1 aromatic heterocycles. The van der Waals surface area contributed by atoms with Crippen LogP contribution < -0.4 is 0 Å². The lowest BCUT2D eigenvalue weighted by Crippen LogP contribution is -1.91. The van der Waals surface area contributed by atoms with Crippen LogP contribution in [0.25, 0.3) is 6.08 Å². The fourth-order valence-corrected chi connectivity index (χ4v) is 3.05. The van der Waals surface area contributed by atoms with Crippen molar-refractivity contribution in [2.24, 2.45) is 4.99 Å². The molecule has 0 aliphatic carbocycles. The molecule has 0 bridgehead atoms.